The minimum Gasteiger partial charge on any atom is -0.456 e. The number of para-hydroxylation sites is 1. The van der Waals surface area contributed by atoms with Crippen molar-refractivity contribution in [3.05, 3.63) is 72.6 Å². The molecule has 1 aromatic heterocycles. The number of carbonyl (C=O) groups is 2. The number of aromatic nitrogens is 2. The Labute approximate surface area is 167 Å². The number of rotatable bonds is 8. The van der Waals surface area contributed by atoms with Crippen LogP contribution in [0.3, 0.4) is 0 Å². The van der Waals surface area contributed by atoms with E-state index in [-0.39, 0.29) is 18.9 Å². The maximum atomic E-state index is 11.9. The molecule has 0 spiro atoms. The summed E-state index contributed by atoms with van der Waals surface area (Å²) in [5, 5.41) is 7.02. The maximum Gasteiger partial charge on any atom is 0.306 e. The van der Waals surface area contributed by atoms with Gasteiger partial charge in [0.15, 0.2) is 6.61 Å². The van der Waals surface area contributed by atoms with Gasteiger partial charge in [0, 0.05) is 23.2 Å². The van der Waals surface area contributed by atoms with E-state index >= 15 is 0 Å². The Bertz CT molecular complexity index is 941. The predicted octanol–water partition coefficient (Wildman–Crippen LogP) is 3.71. The Morgan fingerprint density at radius 1 is 1.14 bits per heavy atom. The van der Waals surface area contributed by atoms with Crippen LogP contribution in [0.2, 0.25) is 0 Å². The first-order valence-electron chi connectivity index (χ1n) is 8.82. The van der Waals surface area contributed by atoms with Gasteiger partial charge in [-0.15, -0.1) is 11.8 Å². The van der Waals surface area contributed by atoms with Gasteiger partial charge in [0.1, 0.15) is 0 Å². The topological polar surface area (TPSA) is 73.2 Å². The molecule has 2 aromatic carbocycles. The second kappa shape index (κ2) is 9.75. The molecule has 1 N–H and O–H groups in total. The summed E-state index contributed by atoms with van der Waals surface area (Å²) in [7, 11) is 0. The summed E-state index contributed by atoms with van der Waals surface area (Å²) in [5.74, 6) is -0.774. The van der Waals surface area contributed by atoms with E-state index in [1.807, 2.05) is 61.0 Å². The first-order chi connectivity index (χ1) is 13.6. The van der Waals surface area contributed by atoms with Gasteiger partial charge < -0.3 is 10.1 Å². The molecule has 0 aliphatic rings. The number of nitrogens with zero attached hydrogens (tertiary/aromatic N) is 2. The van der Waals surface area contributed by atoms with E-state index < -0.39 is 5.97 Å². The van der Waals surface area contributed by atoms with E-state index in [4.69, 9.17) is 4.74 Å². The van der Waals surface area contributed by atoms with E-state index in [1.54, 1.807) is 28.7 Å². The average molecular weight is 395 g/mol. The van der Waals surface area contributed by atoms with Gasteiger partial charge in [-0.1, -0.05) is 24.3 Å². The van der Waals surface area contributed by atoms with Crippen molar-refractivity contribution in [2.45, 2.75) is 17.7 Å². The molecule has 1 amide bonds. The largest absolute Gasteiger partial charge is 0.456 e. The number of nitrogens with one attached hydrogen (secondary N) is 1. The molecule has 0 fully saturated rings. The predicted molar refractivity (Wildman–Crippen MR) is 110 cm³/mol. The van der Waals surface area contributed by atoms with E-state index in [1.165, 1.54) is 0 Å². The van der Waals surface area contributed by atoms with Gasteiger partial charge in [-0.2, -0.15) is 5.10 Å². The molecule has 0 bridgehead atoms. The van der Waals surface area contributed by atoms with Gasteiger partial charge in [0.05, 0.1) is 11.9 Å². The smallest absolute Gasteiger partial charge is 0.306 e. The first kappa shape index (κ1) is 19.7. The zero-order chi connectivity index (χ0) is 19.8. The third kappa shape index (κ3) is 5.72. The van der Waals surface area contributed by atoms with Crippen LogP contribution in [0.5, 0.6) is 0 Å². The first-order valence-corrected chi connectivity index (χ1v) is 10.0. The van der Waals surface area contributed by atoms with Crippen LogP contribution in [0, 0.1) is 0 Å². The highest BCUT2D eigenvalue weighted by atomic mass is 32.2. The monoisotopic (exact) mass is 395 g/mol. The zero-order valence-electron chi connectivity index (χ0n) is 15.5. The summed E-state index contributed by atoms with van der Waals surface area (Å²) in [4.78, 5) is 24.9. The number of hydrogen-bond acceptors (Lipinski definition) is 5. The molecule has 0 aliphatic carbocycles. The lowest BCUT2D eigenvalue weighted by Crippen LogP contribution is -2.21. The number of esters is 1. The summed E-state index contributed by atoms with van der Waals surface area (Å²) >= 11 is 1.59. The molecule has 3 rings (SSSR count). The van der Waals surface area contributed by atoms with Crippen molar-refractivity contribution in [3.8, 4) is 5.69 Å². The number of anilines is 1. The number of thioether (sulfide) groups is 1. The molecule has 28 heavy (non-hydrogen) atoms. The Kier molecular flexibility index (Phi) is 6.86. The molecule has 144 valence electrons. The molecule has 7 heteroatoms. The summed E-state index contributed by atoms with van der Waals surface area (Å²) in [6.07, 6.45) is 6.27. The number of carbonyl (C=O) groups excluding carboxylic acids is 2. The van der Waals surface area contributed by atoms with Crippen LogP contribution in [0.4, 0.5) is 5.69 Å². The summed E-state index contributed by atoms with van der Waals surface area (Å²) in [5.41, 5.74) is 2.57. The minimum absolute atomic E-state index is 0.190. The van der Waals surface area contributed by atoms with Crippen molar-refractivity contribution in [1.29, 1.82) is 0 Å². The molecule has 6 nitrogen and oxygen atoms in total. The maximum absolute atomic E-state index is 11.9. The number of benzene rings is 2. The second-order valence-electron chi connectivity index (χ2n) is 6.07. The van der Waals surface area contributed by atoms with Crippen molar-refractivity contribution >= 4 is 29.3 Å². The third-order valence-corrected chi connectivity index (χ3v) is 4.72. The lowest BCUT2D eigenvalue weighted by molar-refractivity contribution is -0.147. The second-order valence-corrected chi connectivity index (χ2v) is 6.95. The van der Waals surface area contributed by atoms with Gasteiger partial charge in [0.25, 0.3) is 5.91 Å². The number of ether oxygens (including phenoxy) is 1. The van der Waals surface area contributed by atoms with Crippen molar-refractivity contribution in [2.24, 2.45) is 0 Å². The molecule has 0 radical (unpaired) electrons. The minimum atomic E-state index is -0.416. The average Bonchev–Trinajstić information content (AvgIpc) is 3.20. The summed E-state index contributed by atoms with van der Waals surface area (Å²) in [6.45, 7) is -0.300. The van der Waals surface area contributed by atoms with Crippen molar-refractivity contribution < 1.29 is 14.3 Å². The van der Waals surface area contributed by atoms with Crippen LogP contribution >= 0.6 is 11.8 Å². The quantitative estimate of drug-likeness (QED) is 0.465. The van der Waals surface area contributed by atoms with Gasteiger partial charge in [-0.3, -0.25) is 9.59 Å². The van der Waals surface area contributed by atoms with Gasteiger partial charge in [-0.25, -0.2) is 4.68 Å². The molecule has 1 heterocycles. The Hall–Kier alpha value is -3.06. The highest BCUT2D eigenvalue weighted by Crippen LogP contribution is 2.18. The fourth-order valence-corrected chi connectivity index (χ4v) is 3.03. The van der Waals surface area contributed by atoms with Crippen LogP contribution in [0.25, 0.3) is 5.69 Å². The van der Waals surface area contributed by atoms with Gasteiger partial charge >= 0.3 is 5.97 Å². The van der Waals surface area contributed by atoms with Gasteiger partial charge in [-0.05, 0) is 48.6 Å². The Morgan fingerprint density at radius 2 is 1.96 bits per heavy atom. The highest BCUT2D eigenvalue weighted by Gasteiger charge is 2.10. The highest BCUT2D eigenvalue weighted by molar-refractivity contribution is 7.98. The van der Waals surface area contributed by atoms with Crippen LogP contribution in [-0.2, 0) is 20.7 Å². The standard InChI is InChI=1S/C21H21N3O3S/c1-28-19-9-5-6-17(12-19)23-20(25)15-27-21(26)11-10-16-13-22-24(14-16)18-7-3-2-4-8-18/h2-9,12-14H,10-11,15H2,1H3,(H,23,25). The van der Waals surface area contributed by atoms with Crippen LogP contribution in [0.1, 0.15) is 12.0 Å². The fraction of sp³-hybridized carbons (Fsp3) is 0.190. The van der Waals surface area contributed by atoms with E-state index in [2.05, 4.69) is 10.4 Å². The Morgan fingerprint density at radius 3 is 2.75 bits per heavy atom. The lowest BCUT2D eigenvalue weighted by Gasteiger charge is -2.07. The summed E-state index contributed by atoms with van der Waals surface area (Å²) in [6, 6.07) is 17.2. The molecule has 0 saturated carbocycles. The summed E-state index contributed by atoms with van der Waals surface area (Å²) < 4.78 is 6.82. The molecular weight excluding hydrogens is 374 g/mol. The van der Waals surface area contributed by atoms with Gasteiger partial charge in [0.2, 0.25) is 0 Å². The molecule has 0 unspecified atom stereocenters. The fourth-order valence-electron chi connectivity index (χ4n) is 2.57. The van der Waals surface area contributed by atoms with Crippen molar-refractivity contribution in [2.75, 3.05) is 18.2 Å². The molecule has 3 aromatic rings. The van der Waals surface area contributed by atoms with E-state index in [0.29, 0.717) is 12.1 Å². The normalized spacial score (nSPS) is 10.5. The lowest BCUT2D eigenvalue weighted by atomic mass is 10.2. The SMILES string of the molecule is CSc1cccc(NC(=O)COC(=O)CCc2cnn(-c3ccccc3)c2)c1. The third-order valence-electron chi connectivity index (χ3n) is 3.99. The van der Waals surface area contributed by atoms with Crippen molar-refractivity contribution in [3.63, 3.8) is 0 Å². The van der Waals surface area contributed by atoms with Crippen LogP contribution in [-0.4, -0.2) is 34.5 Å². The van der Waals surface area contributed by atoms with E-state index in [9.17, 15) is 9.59 Å². The Balaban J connectivity index is 1.42. The number of aryl methyl sites for hydroxylation is 1. The number of hydrogen-bond donors (Lipinski definition) is 1. The van der Waals surface area contributed by atoms with Crippen LogP contribution < -0.4 is 5.32 Å². The molecule has 0 aliphatic heterocycles. The zero-order valence-corrected chi connectivity index (χ0v) is 16.3. The molecule has 0 saturated heterocycles. The van der Waals surface area contributed by atoms with E-state index in [0.717, 1.165) is 16.1 Å². The molecular formula is C21H21N3O3S. The van der Waals surface area contributed by atoms with Crippen LogP contribution in [0.15, 0.2) is 71.9 Å². The number of amides is 1. The molecule has 0 atom stereocenters. The van der Waals surface area contributed by atoms with Crippen molar-refractivity contribution in [1.82, 2.24) is 9.78 Å².